The first kappa shape index (κ1) is 47.8. The highest BCUT2D eigenvalue weighted by Gasteiger charge is 2.15. The van der Waals surface area contributed by atoms with Crippen molar-refractivity contribution in [2.24, 2.45) is 9.98 Å². The molecule has 0 fully saturated rings. The van der Waals surface area contributed by atoms with Crippen LogP contribution in [-0.4, -0.2) is 37.6 Å². The molecule has 5 rings (SSSR count). The van der Waals surface area contributed by atoms with Crippen molar-refractivity contribution in [1.82, 2.24) is 0 Å². The zero-order chi connectivity index (χ0) is 44.7. The van der Waals surface area contributed by atoms with Crippen LogP contribution in [0, 0.1) is 17.5 Å². The number of rotatable bonds is 26. The molecular weight excluding hydrogens is 806 g/mol. The molecule has 0 heterocycles. The summed E-state index contributed by atoms with van der Waals surface area (Å²) in [7, 11) is 0. The summed E-state index contributed by atoms with van der Waals surface area (Å²) in [6.45, 7) is 5.32. The summed E-state index contributed by atoms with van der Waals surface area (Å²) in [5.74, 6) is -3.20. The Morgan fingerprint density at radius 3 is 1.24 bits per heavy atom. The van der Waals surface area contributed by atoms with Gasteiger partial charge in [-0.1, -0.05) is 90.9 Å². The van der Waals surface area contributed by atoms with E-state index in [1.807, 2.05) is 0 Å². The maximum Gasteiger partial charge on any atom is 0.343 e. The van der Waals surface area contributed by atoms with Crippen LogP contribution in [0.2, 0.25) is 0 Å². The summed E-state index contributed by atoms with van der Waals surface area (Å²) in [6, 6.07) is 24.9. The Morgan fingerprint density at radius 2 is 0.857 bits per heavy atom. The van der Waals surface area contributed by atoms with E-state index in [4.69, 9.17) is 18.9 Å². The molecule has 5 aromatic rings. The van der Waals surface area contributed by atoms with Gasteiger partial charge in [0.2, 0.25) is 0 Å². The highest BCUT2D eigenvalue weighted by molar-refractivity contribution is 5.93. The molecule has 0 aliphatic heterocycles. The Labute approximate surface area is 369 Å². The molecule has 0 aliphatic rings. The van der Waals surface area contributed by atoms with E-state index in [0.29, 0.717) is 35.7 Å². The minimum Gasteiger partial charge on any atom is -0.491 e. The summed E-state index contributed by atoms with van der Waals surface area (Å²) in [5, 5.41) is 0. The quantitative estimate of drug-likeness (QED) is 0.0238. The Hall–Kier alpha value is -6.23. The molecule has 63 heavy (non-hydrogen) atoms. The average molecular weight is 863 g/mol. The molecule has 0 aromatic heterocycles. The molecule has 8 nitrogen and oxygen atoms in total. The standard InChI is InChI=1S/C52H57F3N2O6/c1-3-5-7-9-11-13-15-29-60-49-27-17-38(31-47(49)54)36-56-43-23-19-40(20-24-43)51(58)62-45-33-42(53)34-46(35-45)63-52(59)41-21-25-44(26-22-41)57-37-39-18-28-50(48(55)32-39)61-30-16-14-12-10-8-6-4-2/h17-28,31-37H,3-16,29-30H2,1-2H3. The molecule has 0 amide bonds. The van der Waals surface area contributed by atoms with Crippen molar-refractivity contribution in [2.75, 3.05) is 13.2 Å². The highest BCUT2D eigenvalue weighted by atomic mass is 19.1. The molecule has 0 bridgehead atoms. The Balaban J connectivity index is 1.06. The zero-order valence-corrected chi connectivity index (χ0v) is 36.3. The fraction of sp³-hybridized carbons (Fsp3) is 0.346. The van der Waals surface area contributed by atoms with Gasteiger partial charge in [-0.3, -0.25) is 9.98 Å². The smallest absolute Gasteiger partial charge is 0.343 e. The number of hydrogen-bond acceptors (Lipinski definition) is 8. The van der Waals surface area contributed by atoms with E-state index >= 15 is 0 Å². The molecule has 0 radical (unpaired) electrons. The number of carbonyl (C=O) groups excluding carboxylic acids is 2. The number of hydrogen-bond donors (Lipinski definition) is 0. The average Bonchev–Trinajstić information content (AvgIpc) is 3.28. The monoisotopic (exact) mass is 862 g/mol. The molecule has 0 saturated heterocycles. The number of carbonyl (C=O) groups is 2. The van der Waals surface area contributed by atoms with E-state index in [2.05, 4.69) is 23.8 Å². The van der Waals surface area contributed by atoms with Crippen molar-refractivity contribution in [1.29, 1.82) is 0 Å². The molecular formula is C52H57F3N2O6. The molecule has 0 unspecified atom stereocenters. The summed E-state index contributed by atoms with van der Waals surface area (Å²) in [4.78, 5) is 34.6. The lowest BCUT2D eigenvalue weighted by Gasteiger charge is -2.09. The van der Waals surface area contributed by atoms with Crippen molar-refractivity contribution in [3.63, 3.8) is 0 Å². The maximum absolute atomic E-state index is 14.7. The summed E-state index contributed by atoms with van der Waals surface area (Å²) in [6.07, 6.45) is 19.1. The van der Waals surface area contributed by atoms with Gasteiger partial charge in [0.1, 0.15) is 17.3 Å². The van der Waals surface area contributed by atoms with Gasteiger partial charge in [0.15, 0.2) is 23.1 Å². The van der Waals surface area contributed by atoms with Gasteiger partial charge in [0.25, 0.3) is 0 Å². The van der Waals surface area contributed by atoms with Crippen LogP contribution >= 0.6 is 0 Å². The number of unbranched alkanes of at least 4 members (excludes halogenated alkanes) is 12. The molecule has 5 aromatic carbocycles. The first-order valence-electron chi connectivity index (χ1n) is 22.1. The van der Waals surface area contributed by atoms with Crippen LogP contribution in [0.5, 0.6) is 23.0 Å². The maximum atomic E-state index is 14.7. The predicted molar refractivity (Wildman–Crippen MR) is 243 cm³/mol. The first-order chi connectivity index (χ1) is 30.7. The number of esters is 2. The largest absolute Gasteiger partial charge is 0.491 e. The number of ether oxygens (including phenoxy) is 4. The van der Waals surface area contributed by atoms with Gasteiger partial charge in [-0.25, -0.2) is 22.8 Å². The second kappa shape index (κ2) is 26.3. The van der Waals surface area contributed by atoms with Crippen molar-refractivity contribution in [3.8, 4) is 23.0 Å². The minimum atomic E-state index is -0.786. The van der Waals surface area contributed by atoms with Gasteiger partial charge in [-0.05, 0) is 109 Å². The zero-order valence-electron chi connectivity index (χ0n) is 36.3. The van der Waals surface area contributed by atoms with Crippen LogP contribution in [0.25, 0.3) is 0 Å². The number of benzene rings is 5. The summed E-state index contributed by atoms with van der Waals surface area (Å²) in [5.41, 5.74) is 2.42. The van der Waals surface area contributed by atoms with E-state index in [1.54, 1.807) is 48.5 Å². The number of aliphatic imine (C=N–C) groups is 2. The third-order valence-corrected chi connectivity index (χ3v) is 10.1. The Morgan fingerprint density at radius 1 is 0.476 bits per heavy atom. The van der Waals surface area contributed by atoms with Gasteiger partial charge < -0.3 is 18.9 Å². The molecule has 0 aliphatic carbocycles. The van der Waals surface area contributed by atoms with Crippen LogP contribution in [0.3, 0.4) is 0 Å². The van der Waals surface area contributed by atoms with Crippen molar-refractivity contribution in [3.05, 3.63) is 143 Å². The summed E-state index contributed by atoms with van der Waals surface area (Å²) >= 11 is 0. The second-order valence-electron chi connectivity index (χ2n) is 15.3. The lowest BCUT2D eigenvalue weighted by Crippen LogP contribution is -2.10. The van der Waals surface area contributed by atoms with Gasteiger partial charge in [-0.15, -0.1) is 0 Å². The van der Waals surface area contributed by atoms with E-state index in [0.717, 1.165) is 50.7 Å². The van der Waals surface area contributed by atoms with E-state index < -0.39 is 29.4 Å². The highest BCUT2D eigenvalue weighted by Crippen LogP contribution is 2.26. The Kier molecular flexibility index (Phi) is 20.0. The molecule has 332 valence electrons. The topological polar surface area (TPSA) is 95.8 Å². The van der Waals surface area contributed by atoms with E-state index in [-0.39, 0.29) is 34.1 Å². The van der Waals surface area contributed by atoms with Gasteiger partial charge in [0.05, 0.1) is 35.7 Å². The fourth-order valence-corrected chi connectivity index (χ4v) is 6.56. The van der Waals surface area contributed by atoms with Crippen molar-refractivity contribution >= 4 is 35.7 Å². The van der Waals surface area contributed by atoms with Crippen LogP contribution in [-0.2, 0) is 0 Å². The third kappa shape index (κ3) is 16.9. The second-order valence-corrected chi connectivity index (χ2v) is 15.3. The lowest BCUT2D eigenvalue weighted by atomic mass is 10.1. The predicted octanol–water partition coefficient (Wildman–Crippen LogP) is 14.3. The van der Waals surface area contributed by atoms with E-state index in [1.165, 1.54) is 106 Å². The number of halogens is 3. The molecule has 0 atom stereocenters. The normalized spacial score (nSPS) is 11.3. The van der Waals surface area contributed by atoms with Gasteiger partial charge >= 0.3 is 11.9 Å². The van der Waals surface area contributed by atoms with Crippen LogP contribution < -0.4 is 18.9 Å². The summed E-state index contributed by atoms with van der Waals surface area (Å²) < 4.78 is 65.9. The van der Waals surface area contributed by atoms with Crippen molar-refractivity contribution < 1.29 is 41.7 Å². The SMILES string of the molecule is CCCCCCCCCOc1ccc(C=Nc2ccc(C(=O)Oc3cc(F)cc(OC(=O)c4ccc(N=Cc5ccc(OCCCCCCCCC)c(F)c5)cc4)c3)cc2)cc1F. The van der Waals surface area contributed by atoms with Crippen LogP contribution in [0.15, 0.2) is 113 Å². The third-order valence-electron chi connectivity index (χ3n) is 10.1. The van der Waals surface area contributed by atoms with Crippen molar-refractivity contribution in [2.45, 2.75) is 104 Å². The van der Waals surface area contributed by atoms with E-state index in [9.17, 15) is 22.8 Å². The molecule has 11 heteroatoms. The van der Waals surface area contributed by atoms with Gasteiger partial charge in [-0.2, -0.15) is 0 Å². The number of nitrogens with zero attached hydrogens (tertiary/aromatic N) is 2. The minimum absolute atomic E-state index is 0.165. The molecule has 0 saturated carbocycles. The fourth-order valence-electron chi connectivity index (χ4n) is 6.56. The molecule has 0 spiro atoms. The lowest BCUT2D eigenvalue weighted by molar-refractivity contribution is 0.0732. The van der Waals surface area contributed by atoms with Crippen LogP contribution in [0.1, 0.15) is 136 Å². The molecule has 0 N–H and O–H groups in total. The van der Waals surface area contributed by atoms with Gasteiger partial charge in [0, 0.05) is 30.6 Å². The Bertz CT molecular complexity index is 2100. The van der Waals surface area contributed by atoms with Crippen LogP contribution in [0.4, 0.5) is 24.5 Å². The first-order valence-corrected chi connectivity index (χ1v) is 22.1.